The third-order valence-corrected chi connectivity index (χ3v) is 5.84. The van der Waals surface area contributed by atoms with Gasteiger partial charge in [-0.05, 0) is 58.8 Å². The van der Waals surface area contributed by atoms with Crippen molar-refractivity contribution in [2.75, 3.05) is 44.5 Å². The van der Waals surface area contributed by atoms with Crippen molar-refractivity contribution in [3.63, 3.8) is 0 Å². The number of benzene rings is 2. The summed E-state index contributed by atoms with van der Waals surface area (Å²) in [6.07, 6.45) is 1.50. The molecule has 1 N–H and O–H groups in total. The van der Waals surface area contributed by atoms with Crippen LogP contribution in [-0.2, 0) is 19.1 Å². The van der Waals surface area contributed by atoms with E-state index in [1.807, 2.05) is 13.0 Å². The molecule has 2 heterocycles. The van der Waals surface area contributed by atoms with Crippen LogP contribution in [0.25, 0.3) is 6.08 Å². The number of ether oxygens (including phenoxy) is 3. The number of nitrogens with one attached hydrogen (secondary N) is 1. The lowest BCUT2D eigenvalue weighted by atomic mass is 10.1. The van der Waals surface area contributed by atoms with E-state index in [4.69, 9.17) is 14.2 Å². The van der Waals surface area contributed by atoms with Crippen LogP contribution >= 0.6 is 15.9 Å². The van der Waals surface area contributed by atoms with Crippen molar-refractivity contribution in [3.05, 3.63) is 58.1 Å². The molecule has 0 atom stereocenters. The van der Waals surface area contributed by atoms with E-state index in [2.05, 4.69) is 21.4 Å². The maximum Gasteiger partial charge on any atom is 0.282 e. The first-order chi connectivity index (χ1) is 16.5. The highest BCUT2D eigenvalue weighted by Crippen LogP contribution is 2.38. The first-order valence-corrected chi connectivity index (χ1v) is 11.6. The Morgan fingerprint density at radius 2 is 1.88 bits per heavy atom. The minimum Gasteiger partial charge on any atom is -0.490 e. The third kappa shape index (κ3) is 5.23. The normalized spacial score (nSPS) is 17.2. The Morgan fingerprint density at radius 1 is 1.15 bits per heavy atom. The summed E-state index contributed by atoms with van der Waals surface area (Å²) in [5, 5.41) is 1.21. The van der Waals surface area contributed by atoms with Crippen molar-refractivity contribution in [2.24, 2.45) is 0 Å². The maximum atomic E-state index is 12.9. The van der Waals surface area contributed by atoms with Gasteiger partial charge in [-0.3, -0.25) is 19.8 Å². The Kier molecular flexibility index (Phi) is 7.49. The van der Waals surface area contributed by atoms with Crippen LogP contribution in [0.3, 0.4) is 0 Å². The predicted molar refractivity (Wildman–Crippen MR) is 128 cm³/mol. The number of carbonyl (C=O) groups is 3. The minimum absolute atomic E-state index is 0.00522. The van der Waals surface area contributed by atoms with Gasteiger partial charge in [0.25, 0.3) is 17.7 Å². The Bertz CT molecular complexity index is 1120. The minimum atomic E-state index is -0.501. The number of hydrogen-bond donors (Lipinski definition) is 1. The number of halogens is 1. The first-order valence-electron chi connectivity index (χ1n) is 10.8. The van der Waals surface area contributed by atoms with Gasteiger partial charge in [0.05, 0.1) is 30.0 Å². The molecule has 9 nitrogen and oxygen atoms in total. The molecule has 0 aliphatic carbocycles. The highest BCUT2D eigenvalue weighted by atomic mass is 79.9. The van der Waals surface area contributed by atoms with Crippen LogP contribution in [0.1, 0.15) is 12.5 Å². The molecule has 2 saturated heterocycles. The second-order valence-corrected chi connectivity index (χ2v) is 8.37. The van der Waals surface area contributed by atoms with Crippen molar-refractivity contribution in [2.45, 2.75) is 6.92 Å². The van der Waals surface area contributed by atoms with Gasteiger partial charge in [-0.15, -0.1) is 0 Å². The SMILES string of the molecule is CCOc1cc(/C=C2/C(=O)NN(c3ccccc3)C2=O)cc(Br)c1OCC(=O)N1CCOCC1. The molecule has 2 aromatic carbocycles. The fraction of sp³-hybridized carbons (Fsp3) is 0.292. The average molecular weight is 530 g/mol. The van der Waals surface area contributed by atoms with Gasteiger partial charge in [0.15, 0.2) is 18.1 Å². The van der Waals surface area contributed by atoms with Crippen LogP contribution in [0.5, 0.6) is 11.5 Å². The zero-order chi connectivity index (χ0) is 24.1. The third-order valence-electron chi connectivity index (χ3n) is 5.25. The van der Waals surface area contributed by atoms with Gasteiger partial charge in [0, 0.05) is 13.1 Å². The molecule has 178 valence electrons. The second kappa shape index (κ2) is 10.7. The largest absolute Gasteiger partial charge is 0.490 e. The number of amides is 3. The van der Waals surface area contributed by atoms with E-state index in [9.17, 15) is 14.4 Å². The van der Waals surface area contributed by atoms with Crippen LogP contribution in [0.4, 0.5) is 5.69 Å². The van der Waals surface area contributed by atoms with Gasteiger partial charge in [-0.1, -0.05) is 18.2 Å². The second-order valence-electron chi connectivity index (χ2n) is 7.52. The predicted octanol–water partition coefficient (Wildman–Crippen LogP) is 2.55. The van der Waals surface area contributed by atoms with Crippen LogP contribution in [0.2, 0.25) is 0 Å². The molecule has 0 aromatic heterocycles. The topological polar surface area (TPSA) is 97.4 Å². The Hall–Kier alpha value is -3.37. The molecule has 2 fully saturated rings. The van der Waals surface area contributed by atoms with Gasteiger partial charge in [0.2, 0.25) is 0 Å². The molecule has 34 heavy (non-hydrogen) atoms. The molecule has 0 spiro atoms. The summed E-state index contributed by atoms with van der Waals surface area (Å²) in [5.74, 6) is -0.331. The van der Waals surface area contributed by atoms with Crippen LogP contribution in [0.15, 0.2) is 52.5 Å². The first kappa shape index (κ1) is 23.8. The van der Waals surface area contributed by atoms with Gasteiger partial charge in [-0.25, -0.2) is 5.01 Å². The summed E-state index contributed by atoms with van der Waals surface area (Å²) in [4.78, 5) is 39.5. The van der Waals surface area contributed by atoms with Crippen molar-refractivity contribution in [3.8, 4) is 11.5 Å². The number of morpholine rings is 1. The number of hydrazine groups is 1. The monoisotopic (exact) mass is 529 g/mol. The fourth-order valence-corrected chi connectivity index (χ4v) is 4.17. The van der Waals surface area contributed by atoms with Gasteiger partial charge in [-0.2, -0.15) is 0 Å². The highest BCUT2D eigenvalue weighted by molar-refractivity contribution is 9.10. The number of anilines is 1. The molecule has 2 aliphatic heterocycles. The number of carbonyl (C=O) groups excluding carboxylic acids is 3. The lowest BCUT2D eigenvalue weighted by Gasteiger charge is -2.27. The smallest absolute Gasteiger partial charge is 0.282 e. The van der Waals surface area contributed by atoms with E-state index < -0.39 is 11.8 Å². The maximum absolute atomic E-state index is 12.9. The summed E-state index contributed by atoms with van der Waals surface area (Å²) < 4.78 is 17.3. The molecule has 2 aromatic rings. The Labute approximate surface area is 205 Å². The van der Waals surface area contributed by atoms with E-state index in [0.717, 1.165) is 0 Å². The fourth-order valence-electron chi connectivity index (χ4n) is 3.60. The lowest BCUT2D eigenvalue weighted by molar-refractivity contribution is -0.137. The van der Waals surface area contributed by atoms with Gasteiger partial charge in [0.1, 0.15) is 5.57 Å². The molecule has 0 bridgehead atoms. The standard InChI is InChI=1S/C24H24BrN3O6/c1-2-33-20-14-16(12-18-23(30)26-28(24(18)31)17-6-4-3-5-7-17)13-19(25)22(20)34-15-21(29)27-8-10-32-11-9-27/h3-7,12-14H,2,8-11,15H2,1H3,(H,26,30)/b18-12-. The summed E-state index contributed by atoms with van der Waals surface area (Å²) in [5.41, 5.74) is 3.70. The Balaban J connectivity index is 1.55. The van der Waals surface area contributed by atoms with E-state index >= 15 is 0 Å². The van der Waals surface area contributed by atoms with Crippen LogP contribution in [0, 0.1) is 0 Å². The molecule has 0 unspecified atom stereocenters. The highest BCUT2D eigenvalue weighted by Gasteiger charge is 2.34. The summed E-state index contributed by atoms with van der Waals surface area (Å²) in [7, 11) is 0. The average Bonchev–Trinajstić information content (AvgIpc) is 3.13. The number of hydrogen-bond acceptors (Lipinski definition) is 6. The molecule has 3 amide bonds. The summed E-state index contributed by atoms with van der Waals surface area (Å²) in [6.45, 7) is 4.13. The molecular weight excluding hydrogens is 506 g/mol. The van der Waals surface area contributed by atoms with E-state index in [0.29, 0.717) is 60.1 Å². The summed E-state index contributed by atoms with van der Waals surface area (Å²) in [6, 6.07) is 12.2. The number of nitrogens with zero attached hydrogens (tertiary/aromatic N) is 2. The van der Waals surface area contributed by atoms with E-state index in [1.54, 1.807) is 41.3 Å². The molecular formula is C24H24BrN3O6. The molecule has 10 heteroatoms. The zero-order valence-electron chi connectivity index (χ0n) is 18.6. The Morgan fingerprint density at radius 3 is 2.59 bits per heavy atom. The van der Waals surface area contributed by atoms with Crippen molar-refractivity contribution >= 4 is 45.4 Å². The van der Waals surface area contributed by atoms with Gasteiger partial charge >= 0.3 is 0 Å². The van der Waals surface area contributed by atoms with E-state index in [1.165, 1.54) is 11.1 Å². The molecule has 0 saturated carbocycles. The summed E-state index contributed by atoms with van der Waals surface area (Å²) >= 11 is 3.47. The quantitative estimate of drug-likeness (QED) is 0.437. The molecule has 2 aliphatic rings. The van der Waals surface area contributed by atoms with Crippen molar-refractivity contribution in [1.82, 2.24) is 10.3 Å². The van der Waals surface area contributed by atoms with Crippen LogP contribution < -0.4 is 19.9 Å². The van der Waals surface area contributed by atoms with Gasteiger partial charge < -0.3 is 19.1 Å². The van der Waals surface area contributed by atoms with E-state index in [-0.39, 0.29) is 18.1 Å². The van der Waals surface area contributed by atoms with Crippen molar-refractivity contribution < 1.29 is 28.6 Å². The lowest BCUT2D eigenvalue weighted by Crippen LogP contribution is -2.43. The van der Waals surface area contributed by atoms with Crippen molar-refractivity contribution in [1.29, 1.82) is 0 Å². The number of para-hydroxylation sites is 1. The van der Waals surface area contributed by atoms with Crippen LogP contribution in [-0.4, -0.2) is 62.1 Å². The molecule has 4 rings (SSSR count). The zero-order valence-corrected chi connectivity index (χ0v) is 20.2. The number of rotatable bonds is 7. The molecule has 0 radical (unpaired) electrons.